The van der Waals surface area contributed by atoms with Crippen LogP contribution in [0.3, 0.4) is 0 Å². The third-order valence-electron chi connectivity index (χ3n) is 3.19. The quantitative estimate of drug-likeness (QED) is 0.836. The number of carbonyl (C=O) groups excluding carboxylic acids is 1. The highest BCUT2D eigenvalue weighted by Gasteiger charge is 2.17. The Kier molecular flexibility index (Phi) is 5.53. The molecular formula is C16H18FN3O3S. The molecule has 0 heterocycles. The molecule has 0 aliphatic rings. The molecule has 0 fully saturated rings. The molecule has 128 valence electrons. The highest BCUT2D eigenvalue weighted by atomic mass is 32.2. The van der Waals surface area contributed by atoms with E-state index in [-0.39, 0.29) is 23.2 Å². The normalized spacial score (nSPS) is 11.3. The van der Waals surface area contributed by atoms with E-state index in [2.05, 4.69) is 10.6 Å². The first-order valence-electron chi connectivity index (χ1n) is 7.11. The van der Waals surface area contributed by atoms with Crippen molar-refractivity contribution in [3.63, 3.8) is 0 Å². The topological polar surface area (TPSA) is 78.5 Å². The lowest BCUT2D eigenvalue weighted by Crippen LogP contribution is -2.23. The summed E-state index contributed by atoms with van der Waals surface area (Å²) in [4.78, 5) is 12.0. The molecule has 2 aromatic rings. The first-order chi connectivity index (χ1) is 11.3. The van der Waals surface area contributed by atoms with Crippen LogP contribution in [0.4, 0.5) is 15.8 Å². The number of hydrogen-bond acceptors (Lipinski definition) is 4. The third-order valence-corrected chi connectivity index (χ3v) is 5.00. The van der Waals surface area contributed by atoms with E-state index in [1.165, 1.54) is 50.5 Å². The van der Waals surface area contributed by atoms with E-state index in [0.717, 1.165) is 4.31 Å². The fraction of sp³-hybridized carbons (Fsp3) is 0.188. The highest BCUT2D eigenvalue weighted by Crippen LogP contribution is 2.17. The van der Waals surface area contributed by atoms with Crippen molar-refractivity contribution in [1.29, 1.82) is 0 Å². The van der Waals surface area contributed by atoms with Crippen LogP contribution >= 0.6 is 0 Å². The summed E-state index contributed by atoms with van der Waals surface area (Å²) in [5, 5.41) is 5.47. The van der Waals surface area contributed by atoms with E-state index in [4.69, 9.17) is 0 Å². The smallest absolute Gasteiger partial charge is 0.243 e. The number of nitrogens with zero attached hydrogens (tertiary/aromatic N) is 1. The minimum atomic E-state index is -3.53. The van der Waals surface area contributed by atoms with Crippen LogP contribution in [-0.2, 0) is 14.8 Å². The Labute approximate surface area is 140 Å². The van der Waals surface area contributed by atoms with Gasteiger partial charge < -0.3 is 10.6 Å². The summed E-state index contributed by atoms with van der Waals surface area (Å²) in [6, 6.07) is 11.6. The molecule has 0 bridgehead atoms. The lowest BCUT2D eigenvalue weighted by Gasteiger charge is -2.13. The zero-order valence-electron chi connectivity index (χ0n) is 13.3. The summed E-state index contributed by atoms with van der Waals surface area (Å²) >= 11 is 0. The molecule has 2 rings (SSSR count). The van der Waals surface area contributed by atoms with Crippen LogP contribution in [0.15, 0.2) is 53.4 Å². The van der Waals surface area contributed by atoms with Crippen LogP contribution in [-0.4, -0.2) is 39.3 Å². The summed E-state index contributed by atoms with van der Waals surface area (Å²) in [6.07, 6.45) is 0. The molecule has 6 nitrogen and oxygen atoms in total. The number of rotatable bonds is 6. The van der Waals surface area contributed by atoms with Crippen molar-refractivity contribution in [2.24, 2.45) is 0 Å². The van der Waals surface area contributed by atoms with Gasteiger partial charge in [0.15, 0.2) is 0 Å². The van der Waals surface area contributed by atoms with Crippen molar-refractivity contribution in [2.75, 3.05) is 31.3 Å². The van der Waals surface area contributed by atoms with E-state index >= 15 is 0 Å². The minimum absolute atomic E-state index is 0.0527. The van der Waals surface area contributed by atoms with Crippen molar-refractivity contribution in [3.05, 3.63) is 54.3 Å². The third kappa shape index (κ3) is 4.53. The van der Waals surface area contributed by atoms with E-state index < -0.39 is 10.0 Å². The van der Waals surface area contributed by atoms with Crippen LogP contribution in [0.2, 0.25) is 0 Å². The Bertz CT molecular complexity index is 821. The van der Waals surface area contributed by atoms with Gasteiger partial charge in [-0.15, -0.1) is 0 Å². The Morgan fingerprint density at radius 2 is 1.75 bits per heavy atom. The molecule has 2 aromatic carbocycles. The molecule has 8 heteroatoms. The lowest BCUT2D eigenvalue weighted by molar-refractivity contribution is -0.114. The molecule has 0 aliphatic heterocycles. The Morgan fingerprint density at radius 1 is 1.08 bits per heavy atom. The molecule has 2 N–H and O–H groups in total. The molecule has 0 aromatic heterocycles. The number of carbonyl (C=O) groups is 1. The van der Waals surface area contributed by atoms with Crippen molar-refractivity contribution >= 4 is 27.3 Å². The molecule has 0 atom stereocenters. The lowest BCUT2D eigenvalue weighted by atomic mass is 10.3. The van der Waals surface area contributed by atoms with Crippen LogP contribution < -0.4 is 10.6 Å². The number of amides is 1. The zero-order chi connectivity index (χ0) is 17.7. The molecule has 1 amide bonds. The van der Waals surface area contributed by atoms with Crippen LogP contribution in [0.5, 0.6) is 0 Å². The van der Waals surface area contributed by atoms with Crippen molar-refractivity contribution < 1.29 is 17.6 Å². The van der Waals surface area contributed by atoms with Gasteiger partial charge in [0.25, 0.3) is 0 Å². The minimum Gasteiger partial charge on any atom is -0.376 e. The molecular weight excluding hydrogens is 333 g/mol. The fourth-order valence-corrected chi connectivity index (χ4v) is 2.85. The fourth-order valence-electron chi connectivity index (χ4n) is 1.90. The maximum Gasteiger partial charge on any atom is 0.243 e. The van der Waals surface area contributed by atoms with Gasteiger partial charge in [-0.2, -0.15) is 0 Å². The summed E-state index contributed by atoms with van der Waals surface area (Å²) in [5.74, 6) is -0.715. The number of benzene rings is 2. The van der Waals surface area contributed by atoms with Crippen molar-refractivity contribution in [2.45, 2.75) is 4.90 Å². The van der Waals surface area contributed by atoms with E-state index in [0.29, 0.717) is 11.4 Å². The maximum absolute atomic E-state index is 12.8. The Hall–Kier alpha value is -2.45. The number of hydrogen-bond donors (Lipinski definition) is 2. The van der Waals surface area contributed by atoms with Gasteiger partial charge >= 0.3 is 0 Å². The van der Waals surface area contributed by atoms with Gasteiger partial charge in [0.1, 0.15) is 5.82 Å². The van der Waals surface area contributed by atoms with Gasteiger partial charge in [-0.05, 0) is 42.5 Å². The second-order valence-electron chi connectivity index (χ2n) is 5.22. The maximum atomic E-state index is 12.8. The van der Waals surface area contributed by atoms with Gasteiger partial charge in [-0.25, -0.2) is 17.1 Å². The molecule has 0 unspecified atom stereocenters. The number of halogens is 1. The zero-order valence-corrected chi connectivity index (χ0v) is 14.1. The second kappa shape index (κ2) is 7.41. The van der Waals surface area contributed by atoms with Gasteiger partial charge in [0.05, 0.1) is 11.4 Å². The predicted octanol–water partition coefficient (Wildman–Crippen LogP) is 2.13. The molecule has 0 saturated heterocycles. The van der Waals surface area contributed by atoms with Gasteiger partial charge in [-0.1, -0.05) is 6.07 Å². The average Bonchev–Trinajstić information content (AvgIpc) is 2.55. The van der Waals surface area contributed by atoms with Gasteiger partial charge in [-0.3, -0.25) is 4.79 Å². The summed E-state index contributed by atoms with van der Waals surface area (Å²) in [6.45, 7) is -0.0527. The van der Waals surface area contributed by atoms with Crippen molar-refractivity contribution in [3.8, 4) is 0 Å². The van der Waals surface area contributed by atoms with E-state index in [1.807, 2.05) is 0 Å². The van der Waals surface area contributed by atoms with Gasteiger partial charge in [0.2, 0.25) is 15.9 Å². The Balaban J connectivity index is 1.99. The molecule has 0 saturated carbocycles. The monoisotopic (exact) mass is 351 g/mol. The van der Waals surface area contributed by atoms with E-state index in [9.17, 15) is 17.6 Å². The van der Waals surface area contributed by atoms with Crippen LogP contribution in [0.25, 0.3) is 0 Å². The van der Waals surface area contributed by atoms with Crippen LogP contribution in [0, 0.1) is 5.82 Å². The number of sulfonamides is 1. The Morgan fingerprint density at radius 3 is 2.38 bits per heavy atom. The average molecular weight is 351 g/mol. The van der Waals surface area contributed by atoms with E-state index in [1.54, 1.807) is 12.1 Å². The largest absolute Gasteiger partial charge is 0.376 e. The van der Waals surface area contributed by atoms with Gasteiger partial charge in [0, 0.05) is 25.5 Å². The first kappa shape index (κ1) is 17.9. The summed E-state index contributed by atoms with van der Waals surface area (Å²) < 4.78 is 38.1. The number of anilines is 2. The molecule has 0 aliphatic carbocycles. The molecule has 0 spiro atoms. The SMILES string of the molecule is CN(C)S(=O)(=O)c1cccc(NCC(=O)Nc2ccc(F)cc2)c1. The highest BCUT2D eigenvalue weighted by molar-refractivity contribution is 7.89. The summed E-state index contributed by atoms with van der Waals surface area (Å²) in [5.41, 5.74) is 0.985. The van der Waals surface area contributed by atoms with Crippen molar-refractivity contribution in [1.82, 2.24) is 4.31 Å². The summed E-state index contributed by atoms with van der Waals surface area (Å²) in [7, 11) is -0.633. The predicted molar refractivity (Wildman–Crippen MR) is 90.8 cm³/mol. The second-order valence-corrected chi connectivity index (χ2v) is 7.38. The molecule has 24 heavy (non-hydrogen) atoms. The molecule has 0 radical (unpaired) electrons. The first-order valence-corrected chi connectivity index (χ1v) is 8.55. The number of nitrogens with one attached hydrogen (secondary N) is 2. The standard InChI is InChI=1S/C16H18FN3O3S/c1-20(2)24(22,23)15-5-3-4-14(10-15)18-11-16(21)19-13-8-6-12(17)7-9-13/h3-10,18H,11H2,1-2H3,(H,19,21). The van der Waals surface area contributed by atoms with Crippen LogP contribution in [0.1, 0.15) is 0 Å².